The van der Waals surface area contributed by atoms with Crippen molar-refractivity contribution in [1.29, 1.82) is 0 Å². The summed E-state index contributed by atoms with van der Waals surface area (Å²) >= 11 is 0. The maximum Gasteiger partial charge on any atom is 0.255 e. The third kappa shape index (κ3) is 5.98. The quantitative estimate of drug-likeness (QED) is 0.537. The van der Waals surface area contributed by atoms with Crippen LogP contribution in [-0.4, -0.2) is 45.9 Å². The number of hydrogen-bond acceptors (Lipinski definition) is 5. The first kappa shape index (κ1) is 27.0. The van der Waals surface area contributed by atoms with Gasteiger partial charge in [0.25, 0.3) is 5.91 Å². The second-order valence-corrected chi connectivity index (χ2v) is 11.4. The van der Waals surface area contributed by atoms with Gasteiger partial charge in [0.1, 0.15) is 11.5 Å². The Hall–Kier alpha value is -2.58. The predicted octanol–water partition coefficient (Wildman–Crippen LogP) is 5.19. The highest BCUT2D eigenvalue weighted by molar-refractivity contribution is 7.89. The highest BCUT2D eigenvalue weighted by atomic mass is 32.2. The zero-order valence-corrected chi connectivity index (χ0v) is 22.5. The fraction of sp³-hybridized carbons (Fsp3) is 0.519. The van der Waals surface area contributed by atoms with E-state index in [1.54, 1.807) is 13.2 Å². The van der Waals surface area contributed by atoms with Gasteiger partial charge < -0.3 is 14.8 Å². The van der Waals surface area contributed by atoms with Crippen LogP contribution in [0, 0.1) is 6.92 Å². The first-order valence-corrected chi connectivity index (χ1v) is 13.7. The molecule has 0 spiro atoms. The average Bonchev–Trinajstić information content (AvgIpc) is 3.13. The first-order chi connectivity index (χ1) is 16.6. The van der Waals surface area contributed by atoms with Crippen LogP contribution in [0.15, 0.2) is 35.2 Å². The molecule has 2 aromatic carbocycles. The number of sulfonamides is 1. The van der Waals surface area contributed by atoms with E-state index in [4.69, 9.17) is 9.47 Å². The molecule has 8 heteroatoms. The maximum atomic E-state index is 13.3. The Labute approximate surface area is 209 Å². The third-order valence-corrected chi connectivity index (χ3v) is 8.57. The van der Waals surface area contributed by atoms with Crippen LogP contribution in [0.3, 0.4) is 0 Å². The summed E-state index contributed by atoms with van der Waals surface area (Å²) in [4.78, 5) is 13.5. The topological polar surface area (TPSA) is 84.9 Å². The zero-order valence-electron chi connectivity index (χ0n) is 21.7. The van der Waals surface area contributed by atoms with E-state index >= 15 is 0 Å². The molecular formula is C27H38N2O5S. The number of carbonyl (C=O) groups is 1. The standard InChI is InChI=1S/C27H38N2O5S/c1-18(2)22-17-23(19(3)15-26(22)34-6)20(4)28-27(30)24-16-21(11-12-25(24)33-5)35(31,32)29-13-9-7-8-10-14-29/h11-12,15-18,20H,7-10,13-14H2,1-6H3,(H,28,30)/t20-/m0/s1. The normalized spacial score (nSPS) is 16.0. The minimum absolute atomic E-state index is 0.112. The highest BCUT2D eigenvalue weighted by Crippen LogP contribution is 2.33. The number of nitrogens with zero attached hydrogens (tertiary/aromatic N) is 1. The molecule has 1 saturated heterocycles. The molecule has 1 aliphatic heterocycles. The molecule has 1 heterocycles. The maximum absolute atomic E-state index is 13.3. The van der Waals surface area contributed by atoms with Crippen molar-refractivity contribution in [2.24, 2.45) is 0 Å². The van der Waals surface area contributed by atoms with Crippen LogP contribution in [0.5, 0.6) is 11.5 Å². The monoisotopic (exact) mass is 502 g/mol. The van der Waals surface area contributed by atoms with Gasteiger partial charge >= 0.3 is 0 Å². The average molecular weight is 503 g/mol. The molecule has 1 N–H and O–H groups in total. The van der Waals surface area contributed by atoms with Crippen molar-refractivity contribution in [3.05, 3.63) is 52.6 Å². The van der Waals surface area contributed by atoms with Crippen molar-refractivity contribution in [2.75, 3.05) is 27.3 Å². The Bertz CT molecular complexity index is 1150. The lowest BCUT2D eigenvalue weighted by Crippen LogP contribution is -2.32. The van der Waals surface area contributed by atoms with Gasteiger partial charge in [0, 0.05) is 13.1 Å². The number of methoxy groups -OCH3 is 2. The van der Waals surface area contributed by atoms with E-state index in [1.807, 2.05) is 19.9 Å². The van der Waals surface area contributed by atoms with Crippen molar-refractivity contribution in [3.63, 3.8) is 0 Å². The molecule has 192 valence electrons. The summed E-state index contributed by atoms with van der Waals surface area (Å²) in [5.74, 6) is 1.03. The van der Waals surface area contributed by atoms with Gasteiger partial charge in [0.15, 0.2) is 0 Å². The van der Waals surface area contributed by atoms with Gasteiger partial charge in [-0.2, -0.15) is 4.31 Å². The molecule has 1 atom stereocenters. The van der Waals surface area contributed by atoms with E-state index in [1.165, 1.54) is 23.5 Å². The van der Waals surface area contributed by atoms with Crippen LogP contribution in [0.25, 0.3) is 0 Å². The van der Waals surface area contributed by atoms with E-state index < -0.39 is 10.0 Å². The van der Waals surface area contributed by atoms with E-state index in [2.05, 4.69) is 25.2 Å². The minimum Gasteiger partial charge on any atom is -0.496 e. The van der Waals surface area contributed by atoms with Gasteiger partial charge in [-0.1, -0.05) is 26.7 Å². The van der Waals surface area contributed by atoms with Crippen LogP contribution in [0.4, 0.5) is 0 Å². The Morgan fingerprint density at radius 1 is 0.914 bits per heavy atom. The minimum atomic E-state index is -3.69. The summed E-state index contributed by atoms with van der Waals surface area (Å²) in [5.41, 5.74) is 3.25. The van der Waals surface area contributed by atoms with Gasteiger partial charge in [-0.05, 0) is 79.6 Å². The number of ether oxygens (including phenoxy) is 2. The summed E-state index contributed by atoms with van der Waals surface area (Å²) in [6, 6.07) is 8.26. The largest absolute Gasteiger partial charge is 0.496 e. The number of carbonyl (C=O) groups excluding carboxylic acids is 1. The van der Waals surface area contributed by atoms with Gasteiger partial charge in [0.2, 0.25) is 10.0 Å². The molecule has 0 saturated carbocycles. The molecule has 0 aliphatic carbocycles. The highest BCUT2D eigenvalue weighted by Gasteiger charge is 2.27. The van der Waals surface area contributed by atoms with Crippen LogP contribution in [0.2, 0.25) is 0 Å². The van der Waals surface area contributed by atoms with Crippen LogP contribution in [-0.2, 0) is 10.0 Å². The fourth-order valence-corrected chi connectivity index (χ4v) is 6.16. The summed E-state index contributed by atoms with van der Waals surface area (Å²) in [6.07, 6.45) is 3.76. The lowest BCUT2D eigenvalue weighted by Gasteiger charge is -2.22. The molecule has 1 aliphatic rings. The molecular weight excluding hydrogens is 464 g/mol. The van der Waals surface area contributed by atoms with Gasteiger partial charge in [-0.25, -0.2) is 8.42 Å². The van der Waals surface area contributed by atoms with Crippen LogP contribution in [0.1, 0.15) is 85.5 Å². The van der Waals surface area contributed by atoms with E-state index in [9.17, 15) is 13.2 Å². The second kappa shape index (κ2) is 11.4. The molecule has 1 fully saturated rings. The van der Waals surface area contributed by atoms with Crippen molar-refractivity contribution < 1.29 is 22.7 Å². The molecule has 2 aromatic rings. The van der Waals surface area contributed by atoms with Gasteiger partial charge in [-0.15, -0.1) is 0 Å². The van der Waals surface area contributed by atoms with Crippen LogP contribution < -0.4 is 14.8 Å². The Morgan fingerprint density at radius 3 is 2.11 bits per heavy atom. The van der Waals surface area contributed by atoms with Crippen molar-refractivity contribution in [3.8, 4) is 11.5 Å². The third-order valence-electron chi connectivity index (χ3n) is 6.67. The Balaban J connectivity index is 1.91. The summed E-state index contributed by atoms with van der Waals surface area (Å²) in [5, 5.41) is 3.03. The molecule has 7 nitrogen and oxygen atoms in total. The van der Waals surface area contributed by atoms with Crippen LogP contribution >= 0.6 is 0 Å². The number of rotatable bonds is 8. The molecule has 0 unspecified atom stereocenters. The van der Waals surface area contributed by atoms with E-state index in [0.29, 0.717) is 18.8 Å². The van der Waals surface area contributed by atoms with Crippen molar-refractivity contribution >= 4 is 15.9 Å². The Kier molecular flexibility index (Phi) is 8.83. The lowest BCUT2D eigenvalue weighted by atomic mass is 9.93. The van der Waals surface area contributed by atoms with Gasteiger partial charge in [0.05, 0.1) is 30.7 Å². The smallest absolute Gasteiger partial charge is 0.255 e. The second-order valence-electron chi connectivity index (χ2n) is 9.48. The van der Waals surface area contributed by atoms with Crippen molar-refractivity contribution in [1.82, 2.24) is 9.62 Å². The van der Waals surface area contributed by atoms with E-state index in [-0.39, 0.29) is 28.3 Å². The number of hydrogen-bond donors (Lipinski definition) is 1. The number of amides is 1. The van der Waals surface area contributed by atoms with E-state index in [0.717, 1.165) is 48.1 Å². The summed E-state index contributed by atoms with van der Waals surface area (Å²) in [7, 11) is -0.562. The molecule has 1 amide bonds. The predicted molar refractivity (Wildman–Crippen MR) is 138 cm³/mol. The molecule has 0 radical (unpaired) electrons. The summed E-state index contributed by atoms with van der Waals surface area (Å²) in [6.45, 7) is 9.10. The Morgan fingerprint density at radius 2 is 1.54 bits per heavy atom. The lowest BCUT2D eigenvalue weighted by molar-refractivity contribution is 0.0936. The SMILES string of the molecule is COc1ccc(S(=O)(=O)N2CCCCCC2)cc1C(=O)N[C@@H](C)c1cc(C(C)C)c(OC)cc1C. The fourth-order valence-electron chi connectivity index (χ4n) is 4.62. The molecule has 35 heavy (non-hydrogen) atoms. The molecule has 0 bridgehead atoms. The first-order valence-electron chi connectivity index (χ1n) is 12.3. The van der Waals surface area contributed by atoms with Gasteiger partial charge in [-0.3, -0.25) is 4.79 Å². The molecule has 0 aromatic heterocycles. The number of benzene rings is 2. The zero-order chi connectivity index (χ0) is 25.8. The summed E-state index contributed by atoms with van der Waals surface area (Å²) < 4.78 is 39.1. The van der Waals surface area contributed by atoms with Crippen molar-refractivity contribution in [2.45, 2.75) is 70.2 Å². The number of nitrogens with one attached hydrogen (secondary N) is 1. The molecule has 3 rings (SSSR count). The number of aryl methyl sites for hydroxylation is 1.